The van der Waals surface area contributed by atoms with Gasteiger partial charge in [0, 0.05) is 24.5 Å². The van der Waals surface area contributed by atoms with Gasteiger partial charge < -0.3 is 9.47 Å². The average Bonchev–Trinajstić information content (AvgIpc) is 2.96. The lowest BCUT2D eigenvalue weighted by atomic mass is 10.1. The van der Waals surface area contributed by atoms with Gasteiger partial charge in [0.2, 0.25) is 6.79 Å². The third-order valence-corrected chi connectivity index (χ3v) is 3.09. The van der Waals surface area contributed by atoms with Crippen LogP contribution in [0, 0.1) is 11.3 Å². The highest BCUT2D eigenvalue weighted by Gasteiger charge is 2.14. The third-order valence-electron chi connectivity index (χ3n) is 3.09. The first kappa shape index (κ1) is 12.5. The summed E-state index contributed by atoms with van der Waals surface area (Å²) in [5.74, 6) is 1.51. The molecule has 0 fully saturated rings. The molecule has 100 valence electrons. The van der Waals surface area contributed by atoms with Crippen LogP contribution in [0.4, 0.5) is 0 Å². The highest BCUT2D eigenvalue weighted by atomic mass is 16.7. The van der Waals surface area contributed by atoms with E-state index in [4.69, 9.17) is 9.47 Å². The van der Waals surface area contributed by atoms with Crippen molar-refractivity contribution in [3.05, 3.63) is 53.9 Å². The fourth-order valence-corrected chi connectivity index (χ4v) is 2.06. The van der Waals surface area contributed by atoms with Gasteiger partial charge in [-0.05, 0) is 23.8 Å². The van der Waals surface area contributed by atoms with Crippen LogP contribution < -0.4 is 14.8 Å². The predicted octanol–water partition coefficient (Wildman–Crippen LogP) is 2.16. The molecule has 0 aliphatic carbocycles. The summed E-state index contributed by atoms with van der Waals surface area (Å²) >= 11 is 0. The van der Waals surface area contributed by atoms with Crippen molar-refractivity contribution in [2.45, 2.75) is 12.6 Å². The van der Waals surface area contributed by atoms with Crippen molar-refractivity contribution in [1.29, 1.82) is 5.26 Å². The van der Waals surface area contributed by atoms with Gasteiger partial charge in [-0.2, -0.15) is 5.26 Å². The van der Waals surface area contributed by atoms with Crippen LogP contribution in [0.15, 0.2) is 42.7 Å². The van der Waals surface area contributed by atoms with E-state index in [9.17, 15) is 5.26 Å². The van der Waals surface area contributed by atoms with Crippen molar-refractivity contribution in [3.8, 4) is 17.6 Å². The SMILES string of the molecule is N#CC(NCc1ccc2c(c1)OCO2)c1cccnc1. The number of rotatable bonds is 4. The summed E-state index contributed by atoms with van der Waals surface area (Å²) in [6, 6.07) is 11.3. The molecule has 2 heterocycles. The van der Waals surface area contributed by atoms with Crippen LogP contribution in [0.5, 0.6) is 11.5 Å². The maximum absolute atomic E-state index is 9.23. The van der Waals surface area contributed by atoms with Gasteiger partial charge in [0.15, 0.2) is 11.5 Å². The lowest BCUT2D eigenvalue weighted by Gasteiger charge is -2.11. The molecular weight excluding hydrogens is 254 g/mol. The first-order valence-electron chi connectivity index (χ1n) is 6.28. The Kier molecular flexibility index (Phi) is 3.48. The molecular formula is C15H13N3O2. The largest absolute Gasteiger partial charge is 0.454 e. The minimum Gasteiger partial charge on any atom is -0.454 e. The van der Waals surface area contributed by atoms with Crippen molar-refractivity contribution in [2.75, 3.05) is 6.79 Å². The molecule has 1 aliphatic rings. The number of ether oxygens (including phenoxy) is 2. The molecule has 1 aromatic heterocycles. The van der Waals surface area contributed by atoms with E-state index in [1.54, 1.807) is 12.4 Å². The van der Waals surface area contributed by atoms with E-state index in [-0.39, 0.29) is 12.8 Å². The molecule has 0 saturated carbocycles. The van der Waals surface area contributed by atoms with Crippen LogP contribution in [0.1, 0.15) is 17.2 Å². The molecule has 20 heavy (non-hydrogen) atoms. The summed E-state index contributed by atoms with van der Waals surface area (Å²) in [5.41, 5.74) is 1.90. The number of benzene rings is 1. The summed E-state index contributed by atoms with van der Waals surface area (Å²) in [7, 11) is 0. The second-order valence-electron chi connectivity index (χ2n) is 4.42. The summed E-state index contributed by atoms with van der Waals surface area (Å²) < 4.78 is 10.6. The summed E-state index contributed by atoms with van der Waals surface area (Å²) in [6.45, 7) is 0.840. The second-order valence-corrected chi connectivity index (χ2v) is 4.42. The van der Waals surface area contributed by atoms with Crippen LogP contribution in [-0.4, -0.2) is 11.8 Å². The number of hydrogen-bond donors (Lipinski definition) is 1. The van der Waals surface area contributed by atoms with Crippen molar-refractivity contribution in [3.63, 3.8) is 0 Å². The Labute approximate surface area is 116 Å². The number of nitriles is 1. The summed E-state index contributed by atoms with van der Waals surface area (Å²) in [4.78, 5) is 4.03. The van der Waals surface area contributed by atoms with Crippen LogP contribution in [-0.2, 0) is 6.54 Å². The molecule has 0 amide bonds. The normalized spacial score (nSPS) is 13.8. The van der Waals surface area contributed by atoms with Gasteiger partial charge in [0.1, 0.15) is 6.04 Å². The zero-order chi connectivity index (χ0) is 13.8. The minimum absolute atomic E-state index is 0.267. The number of nitrogens with zero attached hydrogens (tertiary/aromatic N) is 2. The standard InChI is InChI=1S/C15H13N3O2/c16-7-13(12-2-1-5-17-9-12)18-8-11-3-4-14-15(6-11)20-10-19-14/h1-6,9,13,18H,8,10H2. The Bertz CT molecular complexity index is 637. The predicted molar refractivity (Wildman–Crippen MR) is 72.0 cm³/mol. The lowest BCUT2D eigenvalue weighted by molar-refractivity contribution is 0.174. The zero-order valence-corrected chi connectivity index (χ0v) is 10.7. The average molecular weight is 267 g/mol. The minimum atomic E-state index is -0.380. The van der Waals surface area contributed by atoms with Gasteiger partial charge in [0.05, 0.1) is 6.07 Å². The van der Waals surface area contributed by atoms with Crippen LogP contribution in [0.3, 0.4) is 0 Å². The fourth-order valence-electron chi connectivity index (χ4n) is 2.06. The van der Waals surface area contributed by atoms with E-state index in [2.05, 4.69) is 16.4 Å². The summed E-state index contributed by atoms with van der Waals surface area (Å²) in [6.07, 6.45) is 3.39. The van der Waals surface area contributed by atoms with Gasteiger partial charge in [-0.25, -0.2) is 0 Å². The molecule has 1 atom stereocenters. The van der Waals surface area contributed by atoms with Gasteiger partial charge in [-0.3, -0.25) is 10.3 Å². The van der Waals surface area contributed by atoms with E-state index in [0.29, 0.717) is 6.54 Å². The molecule has 0 spiro atoms. The van der Waals surface area contributed by atoms with Gasteiger partial charge in [0.25, 0.3) is 0 Å². The first-order valence-corrected chi connectivity index (χ1v) is 6.28. The van der Waals surface area contributed by atoms with Crippen LogP contribution in [0.2, 0.25) is 0 Å². The Hall–Kier alpha value is -2.58. The Morgan fingerprint density at radius 3 is 3.00 bits per heavy atom. The molecule has 0 radical (unpaired) electrons. The van der Waals surface area contributed by atoms with E-state index >= 15 is 0 Å². The van der Waals surface area contributed by atoms with Crippen LogP contribution in [0.25, 0.3) is 0 Å². The first-order chi connectivity index (χ1) is 9.86. The van der Waals surface area contributed by atoms with Crippen molar-refractivity contribution in [1.82, 2.24) is 10.3 Å². The monoisotopic (exact) mass is 267 g/mol. The molecule has 1 aromatic carbocycles. The molecule has 0 saturated heterocycles. The third kappa shape index (κ3) is 2.56. The molecule has 1 unspecified atom stereocenters. The Morgan fingerprint density at radius 1 is 1.30 bits per heavy atom. The maximum atomic E-state index is 9.23. The van der Waals surface area contributed by atoms with Crippen molar-refractivity contribution in [2.24, 2.45) is 0 Å². The number of hydrogen-bond acceptors (Lipinski definition) is 5. The quantitative estimate of drug-likeness (QED) is 0.919. The highest BCUT2D eigenvalue weighted by molar-refractivity contribution is 5.44. The number of pyridine rings is 1. The van der Waals surface area contributed by atoms with E-state index in [1.807, 2.05) is 30.3 Å². The van der Waals surface area contributed by atoms with Gasteiger partial charge in [-0.1, -0.05) is 12.1 Å². The van der Waals surface area contributed by atoms with E-state index < -0.39 is 0 Å². The van der Waals surface area contributed by atoms with Gasteiger partial charge >= 0.3 is 0 Å². The molecule has 3 rings (SSSR count). The molecule has 2 aromatic rings. The number of nitrogens with one attached hydrogen (secondary N) is 1. The summed E-state index contributed by atoms with van der Waals surface area (Å²) in [5, 5.41) is 12.4. The number of aromatic nitrogens is 1. The fraction of sp³-hybridized carbons (Fsp3) is 0.200. The molecule has 0 bridgehead atoms. The van der Waals surface area contributed by atoms with Crippen LogP contribution >= 0.6 is 0 Å². The topological polar surface area (TPSA) is 67.2 Å². The van der Waals surface area contributed by atoms with Crippen molar-refractivity contribution < 1.29 is 9.47 Å². The molecule has 5 nitrogen and oxygen atoms in total. The van der Waals surface area contributed by atoms with Gasteiger partial charge in [-0.15, -0.1) is 0 Å². The Morgan fingerprint density at radius 2 is 2.20 bits per heavy atom. The lowest BCUT2D eigenvalue weighted by Crippen LogP contribution is -2.19. The molecule has 5 heteroatoms. The smallest absolute Gasteiger partial charge is 0.231 e. The maximum Gasteiger partial charge on any atom is 0.231 e. The Balaban J connectivity index is 1.68. The molecule has 1 N–H and O–H groups in total. The second kappa shape index (κ2) is 5.59. The number of fused-ring (bicyclic) bond motifs is 1. The highest BCUT2D eigenvalue weighted by Crippen LogP contribution is 2.32. The molecule has 1 aliphatic heterocycles. The zero-order valence-electron chi connectivity index (χ0n) is 10.7. The van der Waals surface area contributed by atoms with Crippen molar-refractivity contribution >= 4 is 0 Å². The van der Waals surface area contributed by atoms with E-state index in [1.165, 1.54) is 0 Å². The van der Waals surface area contributed by atoms with E-state index in [0.717, 1.165) is 22.6 Å².